The van der Waals surface area contributed by atoms with E-state index in [-0.39, 0.29) is 8.69 Å². The zero-order valence-corrected chi connectivity index (χ0v) is 6.86. The normalized spacial score (nSPS) is 11.0. The van der Waals surface area contributed by atoms with Gasteiger partial charge >= 0.3 is 8.69 Å². The molecule has 0 fully saturated rings. The fourth-order valence-electron chi connectivity index (χ4n) is 0.660. The van der Waals surface area contributed by atoms with Gasteiger partial charge in [-0.3, -0.25) is 4.52 Å². The molecule has 0 aliphatic carbocycles. The van der Waals surface area contributed by atoms with Crippen molar-refractivity contribution in [1.82, 2.24) is 0 Å². The lowest BCUT2D eigenvalue weighted by atomic mass is 10.1. The topological polar surface area (TPSA) is 26.3 Å². The van der Waals surface area contributed by atoms with Gasteiger partial charge in [0, 0.05) is 0 Å². The summed E-state index contributed by atoms with van der Waals surface area (Å²) >= 11 is 0. The van der Waals surface area contributed by atoms with Crippen LogP contribution in [0.1, 0.15) is 26.7 Å². The third kappa shape index (κ3) is 4.56. The van der Waals surface area contributed by atoms with Crippen molar-refractivity contribution in [2.24, 2.45) is 5.92 Å². The van der Waals surface area contributed by atoms with Gasteiger partial charge in [-0.15, -0.1) is 0 Å². The summed E-state index contributed by atoms with van der Waals surface area (Å²) < 4.78 is 14.5. The molecule has 0 rings (SSSR count). The lowest BCUT2D eigenvalue weighted by Crippen LogP contribution is -2.02. The van der Waals surface area contributed by atoms with Crippen molar-refractivity contribution in [3.05, 3.63) is 0 Å². The first-order valence-corrected chi connectivity index (χ1v) is 4.02. The van der Waals surface area contributed by atoms with Crippen LogP contribution >= 0.6 is 8.69 Å². The minimum atomic E-state index is -0.191. The van der Waals surface area contributed by atoms with E-state index < -0.39 is 0 Å². The van der Waals surface area contributed by atoms with Crippen LogP contribution in [0.2, 0.25) is 0 Å². The molecule has 0 amide bonds. The van der Waals surface area contributed by atoms with E-state index >= 15 is 0 Å². The number of hydrogen-bond acceptors (Lipinski definition) is 2. The van der Waals surface area contributed by atoms with Crippen LogP contribution in [0.15, 0.2) is 0 Å². The van der Waals surface area contributed by atoms with Gasteiger partial charge in [-0.05, 0) is 5.92 Å². The minimum Gasteiger partial charge on any atom is -0.294 e. The summed E-state index contributed by atoms with van der Waals surface area (Å²) in [5.41, 5.74) is 0. The molecule has 0 aromatic carbocycles. The van der Waals surface area contributed by atoms with Gasteiger partial charge in [-0.2, -0.15) is 0 Å². The zero-order chi connectivity index (χ0) is 7.11. The molecular formula is C6H13O2P. The fourth-order valence-corrected chi connectivity index (χ4v) is 0.932. The third-order valence-corrected chi connectivity index (χ3v) is 1.77. The monoisotopic (exact) mass is 148 g/mol. The lowest BCUT2D eigenvalue weighted by Gasteiger charge is -2.07. The summed E-state index contributed by atoms with van der Waals surface area (Å²) in [4.78, 5) is 0. The summed E-state index contributed by atoms with van der Waals surface area (Å²) in [6, 6.07) is 0. The third-order valence-electron chi connectivity index (χ3n) is 1.52. The molecule has 0 saturated carbocycles. The van der Waals surface area contributed by atoms with Crippen molar-refractivity contribution in [2.45, 2.75) is 26.7 Å². The van der Waals surface area contributed by atoms with E-state index in [1.54, 1.807) is 0 Å². The molecule has 0 radical (unpaired) electrons. The summed E-state index contributed by atoms with van der Waals surface area (Å²) in [6.45, 7) is 4.84. The van der Waals surface area contributed by atoms with Crippen LogP contribution in [0.5, 0.6) is 0 Å². The molecule has 0 N–H and O–H groups in total. The van der Waals surface area contributed by atoms with Crippen molar-refractivity contribution >= 4 is 8.69 Å². The summed E-state index contributed by atoms with van der Waals surface area (Å²) in [7, 11) is -0.191. The van der Waals surface area contributed by atoms with Crippen molar-refractivity contribution in [3.63, 3.8) is 0 Å². The Morgan fingerprint density at radius 1 is 1.44 bits per heavy atom. The first kappa shape index (κ1) is 9.06. The van der Waals surface area contributed by atoms with E-state index in [1.165, 1.54) is 0 Å². The highest BCUT2D eigenvalue weighted by Crippen LogP contribution is 2.10. The van der Waals surface area contributed by atoms with E-state index in [2.05, 4.69) is 13.8 Å². The van der Waals surface area contributed by atoms with Gasteiger partial charge in [-0.1, -0.05) is 26.7 Å². The molecule has 2 nitrogen and oxygen atoms in total. The molecule has 0 saturated heterocycles. The summed E-state index contributed by atoms with van der Waals surface area (Å²) in [5.74, 6) is 0.575. The van der Waals surface area contributed by atoms with E-state index in [1.807, 2.05) is 0 Å². The maximum Gasteiger partial charge on any atom is 0.327 e. The van der Waals surface area contributed by atoms with E-state index in [9.17, 15) is 4.57 Å². The largest absolute Gasteiger partial charge is 0.327 e. The van der Waals surface area contributed by atoms with Crippen molar-refractivity contribution in [3.8, 4) is 0 Å². The van der Waals surface area contributed by atoms with Gasteiger partial charge in [0.15, 0.2) is 0 Å². The van der Waals surface area contributed by atoms with Crippen LogP contribution < -0.4 is 0 Å². The Morgan fingerprint density at radius 3 is 2.33 bits per heavy atom. The highest BCUT2D eigenvalue weighted by atomic mass is 31.1. The molecule has 0 aromatic heterocycles. The molecule has 54 valence electrons. The molecule has 0 aliphatic rings. The number of hydrogen-bond donors (Lipinski definition) is 0. The van der Waals surface area contributed by atoms with Crippen LogP contribution in [-0.2, 0) is 9.09 Å². The molecule has 0 atom stereocenters. The molecule has 3 heteroatoms. The summed E-state index contributed by atoms with van der Waals surface area (Å²) in [5, 5.41) is 0. The number of rotatable bonds is 5. The van der Waals surface area contributed by atoms with Crippen molar-refractivity contribution in [2.75, 3.05) is 6.61 Å². The Kier molecular flexibility index (Phi) is 6.23. The molecule has 0 aliphatic heterocycles. The maximum absolute atomic E-state index is 9.82. The van der Waals surface area contributed by atoms with Gasteiger partial charge in [0.05, 0.1) is 6.61 Å². The Morgan fingerprint density at radius 2 is 2.00 bits per heavy atom. The smallest absolute Gasteiger partial charge is 0.294 e. The van der Waals surface area contributed by atoms with Crippen LogP contribution in [-0.4, -0.2) is 6.61 Å². The SMILES string of the molecule is CCC(CC)COP=O. The molecule has 0 bridgehead atoms. The second-order valence-electron chi connectivity index (χ2n) is 2.05. The predicted octanol–water partition coefficient (Wildman–Crippen LogP) is 2.65. The van der Waals surface area contributed by atoms with E-state index in [0.29, 0.717) is 12.5 Å². The second-order valence-corrected chi connectivity index (χ2v) is 2.46. The molecule has 0 unspecified atom stereocenters. The zero-order valence-electron chi connectivity index (χ0n) is 5.96. The molecule has 0 spiro atoms. The molecule has 9 heavy (non-hydrogen) atoms. The van der Waals surface area contributed by atoms with Crippen LogP contribution in [0.4, 0.5) is 0 Å². The first-order valence-electron chi connectivity index (χ1n) is 3.29. The molecule has 0 heterocycles. The Bertz CT molecular complexity index is 71.5. The highest BCUT2D eigenvalue weighted by molar-refractivity contribution is 7.17. The first-order chi connectivity index (χ1) is 4.35. The average Bonchev–Trinajstić information content (AvgIpc) is 1.91. The Balaban J connectivity index is 3.19. The minimum absolute atomic E-state index is 0.191. The van der Waals surface area contributed by atoms with Gasteiger partial charge in [-0.25, -0.2) is 4.57 Å². The van der Waals surface area contributed by atoms with E-state index in [0.717, 1.165) is 12.8 Å². The average molecular weight is 148 g/mol. The van der Waals surface area contributed by atoms with Gasteiger partial charge in [0.25, 0.3) is 0 Å². The Labute approximate surface area is 57.9 Å². The fraction of sp³-hybridized carbons (Fsp3) is 1.00. The molecule has 0 aromatic rings. The van der Waals surface area contributed by atoms with Crippen LogP contribution in [0.3, 0.4) is 0 Å². The summed E-state index contributed by atoms with van der Waals surface area (Å²) in [6.07, 6.45) is 2.21. The Hall–Kier alpha value is 0.0600. The molecular weight excluding hydrogens is 135 g/mol. The lowest BCUT2D eigenvalue weighted by molar-refractivity contribution is 0.260. The highest BCUT2D eigenvalue weighted by Gasteiger charge is 2.01. The quantitative estimate of drug-likeness (QED) is 0.560. The van der Waals surface area contributed by atoms with Gasteiger partial charge in [0.2, 0.25) is 0 Å². The van der Waals surface area contributed by atoms with Crippen molar-refractivity contribution < 1.29 is 9.09 Å². The maximum atomic E-state index is 9.82. The van der Waals surface area contributed by atoms with Crippen LogP contribution in [0.25, 0.3) is 0 Å². The van der Waals surface area contributed by atoms with Gasteiger partial charge in [0.1, 0.15) is 0 Å². The standard InChI is InChI=1S/C6H13O2P/c1-3-6(4-2)5-8-9-7/h6H,3-5H2,1-2H3. The predicted molar refractivity (Wildman–Crippen MR) is 37.6 cm³/mol. The second kappa shape index (κ2) is 6.18. The van der Waals surface area contributed by atoms with E-state index in [4.69, 9.17) is 4.52 Å². The van der Waals surface area contributed by atoms with Crippen molar-refractivity contribution in [1.29, 1.82) is 0 Å². The van der Waals surface area contributed by atoms with Crippen LogP contribution in [0, 0.1) is 5.92 Å². The van der Waals surface area contributed by atoms with Gasteiger partial charge < -0.3 is 0 Å².